The van der Waals surface area contributed by atoms with Gasteiger partial charge >= 0.3 is 0 Å². The molecule has 6 nitrogen and oxygen atoms in total. The van der Waals surface area contributed by atoms with Crippen LogP contribution in [0.1, 0.15) is 12.5 Å². The molecule has 0 radical (unpaired) electrons. The Bertz CT molecular complexity index is 819. The third-order valence-electron chi connectivity index (χ3n) is 4.13. The van der Waals surface area contributed by atoms with Gasteiger partial charge in [-0.3, -0.25) is 14.5 Å². The second-order valence-corrected chi connectivity index (χ2v) is 6.06. The minimum absolute atomic E-state index is 0.00676. The zero-order chi connectivity index (χ0) is 18.0. The van der Waals surface area contributed by atoms with E-state index in [9.17, 15) is 9.59 Å². The first-order valence-electron chi connectivity index (χ1n) is 8.11. The number of rotatable bonds is 4. The van der Waals surface area contributed by atoms with E-state index in [1.165, 1.54) is 4.90 Å². The van der Waals surface area contributed by atoms with Crippen LogP contribution in [0.15, 0.2) is 42.5 Å². The summed E-state index contributed by atoms with van der Waals surface area (Å²) in [7, 11) is 1.59. The minimum Gasteiger partial charge on any atom is -0.495 e. The first-order chi connectivity index (χ1) is 12.0. The minimum atomic E-state index is -0.519. The van der Waals surface area contributed by atoms with E-state index in [-0.39, 0.29) is 18.4 Å². The quantitative estimate of drug-likeness (QED) is 0.899. The molecule has 1 heterocycles. The molecule has 2 N–H and O–H groups in total. The number of methoxy groups -OCH3 is 1. The molecule has 1 atom stereocenters. The van der Waals surface area contributed by atoms with Crippen molar-refractivity contribution in [1.29, 1.82) is 0 Å². The number of benzene rings is 2. The van der Waals surface area contributed by atoms with Crippen LogP contribution in [0.5, 0.6) is 5.75 Å². The number of amides is 2. The number of carbonyl (C=O) groups is 2. The number of fused-ring (bicyclic) bond motifs is 1. The van der Waals surface area contributed by atoms with Gasteiger partial charge in [-0.05, 0) is 43.7 Å². The molecule has 0 bridgehead atoms. The molecule has 130 valence electrons. The molecular formula is C19H21N3O3. The normalized spacial score (nSPS) is 14.4. The maximum Gasteiger partial charge on any atom is 0.249 e. The van der Waals surface area contributed by atoms with E-state index in [2.05, 4.69) is 10.6 Å². The third kappa shape index (κ3) is 3.42. The van der Waals surface area contributed by atoms with Gasteiger partial charge in [0.15, 0.2) is 0 Å². The van der Waals surface area contributed by atoms with Gasteiger partial charge in [0.25, 0.3) is 0 Å². The molecule has 2 aromatic rings. The van der Waals surface area contributed by atoms with Crippen molar-refractivity contribution >= 4 is 28.9 Å². The highest BCUT2D eigenvalue weighted by Crippen LogP contribution is 2.30. The largest absolute Gasteiger partial charge is 0.495 e. The molecule has 0 saturated carbocycles. The van der Waals surface area contributed by atoms with Crippen molar-refractivity contribution in [1.82, 2.24) is 0 Å². The predicted molar refractivity (Wildman–Crippen MR) is 98.2 cm³/mol. The molecule has 2 aromatic carbocycles. The van der Waals surface area contributed by atoms with Crippen LogP contribution in [0.2, 0.25) is 0 Å². The van der Waals surface area contributed by atoms with Gasteiger partial charge in [-0.15, -0.1) is 0 Å². The van der Waals surface area contributed by atoms with Crippen molar-refractivity contribution < 1.29 is 14.3 Å². The number of nitrogens with one attached hydrogen (secondary N) is 2. The van der Waals surface area contributed by atoms with Crippen molar-refractivity contribution in [3.05, 3.63) is 48.0 Å². The van der Waals surface area contributed by atoms with Crippen LogP contribution in [-0.2, 0) is 9.59 Å². The van der Waals surface area contributed by atoms with E-state index in [1.54, 1.807) is 20.1 Å². The summed E-state index contributed by atoms with van der Waals surface area (Å²) in [6, 6.07) is 12.5. The zero-order valence-electron chi connectivity index (χ0n) is 14.5. The fourth-order valence-electron chi connectivity index (χ4n) is 2.89. The van der Waals surface area contributed by atoms with Crippen LogP contribution >= 0.6 is 0 Å². The van der Waals surface area contributed by atoms with Crippen LogP contribution in [0, 0.1) is 6.92 Å². The Balaban J connectivity index is 1.84. The number of hydrogen-bond acceptors (Lipinski definition) is 4. The molecule has 3 rings (SSSR count). The summed E-state index contributed by atoms with van der Waals surface area (Å²) < 4.78 is 5.35. The fraction of sp³-hybridized carbons (Fsp3) is 0.263. The summed E-state index contributed by atoms with van der Waals surface area (Å²) >= 11 is 0. The lowest BCUT2D eigenvalue weighted by Crippen LogP contribution is -2.47. The molecule has 25 heavy (non-hydrogen) atoms. The highest BCUT2D eigenvalue weighted by molar-refractivity contribution is 6.11. The Morgan fingerprint density at radius 2 is 2.04 bits per heavy atom. The van der Waals surface area contributed by atoms with Crippen molar-refractivity contribution in [2.45, 2.75) is 19.9 Å². The van der Waals surface area contributed by atoms with E-state index >= 15 is 0 Å². The number of aryl methyl sites for hydroxylation is 1. The Morgan fingerprint density at radius 1 is 1.28 bits per heavy atom. The van der Waals surface area contributed by atoms with Crippen LogP contribution in [0.3, 0.4) is 0 Å². The Kier molecular flexibility index (Phi) is 4.61. The van der Waals surface area contributed by atoms with Gasteiger partial charge in [-0.2, -0.15) is 0 Å². The Hall–Kier alpha value is -3.02. The Morgan fingerprint density at radius 3 is 2.80 bits per heavy atom. The summed E-state index contributed by atoms with van der Waals surface area (Å²) in [5, 5.41) is 5.98. The highest BCUT2D eigenvalue weighted by Gasteiger charge is 2.29. The zero-order valence-corrected chi connectivity index (χ0v) is 14.5. The van der Waals surface area contributed by atoms with Crippen molar-refractivity contribution in [2.75, 3.05) is 29.2 Å². The van der Waals surface area contributed by atoms with Crippen LogP contribution in [0.4, 0.5) is 17.1 Å². The highest BCUT2D eigenvalue weighted by atomic mass is 16.5. The van der Waals surface area contributed by atoms with Gasteiger partial charge in [-0.25, -0.2) is 0 Å². The summed E-state index contributed by atoms with van der Waals surface area (Å²) in [6.07, 6.45) is 0. The number of para-hydroxylation sites is 2. The first kappa shape index (κ1) is 16.8. The summed E-state index contributed by atoms with van der Waals surface area (Å²) in [5.41, 5.74) is 3.16. The SMILES string of the molecule is COc1ccc(C)cc1N[C@H](C)C(=O)N1CC(=O)Nc2ccccc21. The molecule has 0 aromatic heterocycles. The first-order valence-corrected chi connectivity index (χ1v) is 8.11. The molecule has 6 heteroatoms. The molecule has 1 aliphatic rings. The van der Waals surface area contributed by atoms with Crippen LogP contribution in [-0.4, -0.2) is 31.5 Å². The van der Waals surface area contributed by atoms with E-state index in [4.69, 9.17) is 4.74 Å². The standard InChI is InChI=1S/C19H21N3O3/c1-12-8-9-17(25-3)15(10-12)20-13(2)19(24)22-11-18(23)21-14-6-4-5-7-16(14)22/h4-10,13,20H,11H2,1-3H3,(H,21,23)/t13-/m1/s1. The number of anilines is 3. The lowest BCUT2D eigenvalue weighted by atomic mass is 10.1. The lowest BCUT2D eigenvalue weighted by molar-refractivity contribution is -0.122. The molecule has 0 spiro atoms. The molecular weight excluding hydrogens is 318 g/mol. The average molecular weight is 339 g/mol. The second-order valence-electron chi connectivity index (χ2n) is 6.06. The molecule has 2 amide bonds. The monoisotopic (exact) mass is 339 g/mol. The van der Waals surface area contributed by atoms with E-state index in [0.717, 1.165) is 11.3 Å². The molecule has 0 fully saturated rings. The van der Waals surface area contributed by atoms with Gasteiger partial charge in [0.05, 0.1) is 24.2 Å². The van der Waals surface area contributed by atoms with Crippen molar-refractivity contribution in [2.24, 2.45) is 0 Å². The summed E-state index contributed by atoms with van der Waals surface area (Å²) in [5.74, 6) is 0.292. The Labute approximate surface area is 146 Å². The van der Waals surface area contributed by atoms with Crippen LogP contribution in [0.25, 0.3) is 0 Å². The van der Waals surface area contributed by atoms with E-state index in [1.807, 2.05) is 43.3 Å². The smallest absolute Gasteiger partial charge is 0.249 e. The van der Waals surface area contributed by atoms with Crippen molar-refractivity contribution in [3.63, 3.8) is 0 Å². The van der Waals surface area contributed by atoms with Crippen molar-refractivity contribution in [3.8, 4) is 5.75 Å². The van der Waals surface area contributed by atoms with E-state index < -0.39 is 6.04 Å². The number of carbonyl (C=O) groups excluding carboxylic acids is 2. The maximum atomic E-state index is 12.9. The molecule has 0 saturated heterocycles. The number of nitrogens with zero attached hydrogens (tertiary/aromatic N) is 1. The second kappa shape index (κ2) is 6.84. The predicted octanol–water partition coefficient (Wildman–Crippen LogP) is 2.79. The van der Waals surface area contributed by atoms with Gasteiger partial charge in [0.2, 0.25) is 11.8 Å². The molecule has 1 aliphatic heterocycles. The topological polar surface area (TPSA) is 70.7 Å². The van der Waals surface area contributed by atoms with Crippen LogP contribution < -0.4 is 20.3 Å². The summed E-state index contributed by atoms with van der Waals surface area (Å²) in [4.78, 5) is 26.4. The fourth-order valence-corrected chi connectivity index (χ4v) is 2.89. The van der Waals surface area contributed by atoms with Gasteiger partial charge in [0.1, 0.15) is 18.3 Å². The maximum absolute atomic E-state index is 12.9. The molecule has 0 aliphatic carbocycles. The third-order valence-corrected chi connectivity index (χ3v) is 4.13. The van der Waals surface area contributed by atoms with E-state index in [0.29, 0.717) is 17.1 Å². The van der Waals surface area contributed by atoms with Gasteiger partial charge in [-0.1, -0.05) is 18.2 Å². The summed E-state index contributed by atoms with van der Waals surface area (Å²) in [6.45, 7) is 3.76. The number of hydrogen-bond donors (Lipinski definition) is 2. The van der Waals surface area contributed by atoms with Gasteiger partial charge < -0.3 is 15.4 Å². The average Bonchev–Trinajstić information content (AvgIpc) is 2.60. The number of ether oxygens (including phenoxy) is 1. The molecule has 0 unspecified atom stereocenters. The van der Waals surface area contributed by atoms with Gasteiger partial charge in [0, 0.05) is 0 Å². The lowest BCUT2D eigenvalue weighted by Gasteiger charge is -2.31.